The fourth-order valence-electron chi connectivity index (χ4n) is 3.46. The summed E-state index contributed by atoms with van der Waals surface area (Å²) in [5.74, 6) is 0.480. The number of nitrogens with one attached hydrogen (secondary N) is 1. The summed E-state index contributed by atoms with van der Waals surface area (Å²) < 4.78 is 23.1. The van der Waals surface area contributed by atoms with Gasteiger partial charge in [0, 0.05) is 23.6 Å². The van der Waals surface area contributed by atoms with Gasteiger partial charge in [-0.25, -0.2) is 0 Å². The Bertz CT molecular complexity index is 1430. The molecule has 0 saturated carbocycles. The van der Waals surface area contributed by atoms with Gasteiger partial charge >= 0.3 is 5.65 Å². The van der Waals surface area contributed by atoms with E-state index in [0.717, 1.165) is 0 Å². The minimum absolute atomic E-state index is 0.127. The van der Waals surface area contributed by atoms with Crippen LogP contribution in [0.4, 0.5) is 4.39 Å². The van der Waals surface area contributed by atoms with E-state index in [9.17, 15) is 9.18 Å². The fraction of sp³-hybridized carbons (Fsp3) is 0.150. The van der Waals surface area contributed by atoms with Crippen LogP contribution in [0.1, 0.15) is 24.5 Å². The molecule has 5 rings (SSSR count). The lowest BCUT2D eigenvalue weighted by molar-refractivity contribution is -0.525. The number of H-pyrrole nitrogens is 1. The molecule has 0 aromatic carbocycles. The Morgan fingerprint density at radius 3 is 2.97 bits per heavy atom. The SMILES string of the molecule is Cc1cc(-c2cc(F)c3n[nH]c([C@@H](C)n4ccc5ncccc5c4=O)[n+]3c2)on1. The number of nitrogens with zero attached hydrogens (tertiary/aromatic N) is 5. The van der Waals surface area contributed by atoms with E-state index in [2.05, 4.69) is 20.3 Å². The zero-order valence-electron chi connectivity index (χ0n) is 15.6. The van der Waals surface area contributed by atoms with Crippen molar-refractivity contribution in [1.82, 2.24) is 24.9 Å². The third kappa shape index (κ3) is 2.70. The first kappa shape index (κ1) is 17.2. The summed E-state index contributed by atoms with van der Waals surface area (Å²) >= 11 is 0. The van der Waals surface area contributed by atoms with Crippen LogP contribution in [0.3, 0.4) is 0 Å². The van der Waals surface area contributed by atoms with Crippen molar-refractivity contribution >= 4 is 16.6 Å². The van der Waals surface area contributed by atoms with Crippen molar-refractivity contribution < 1.29 is 13.3 Å². The maximum Gasteiger partial charge on any atom is 0.342 e. The molecule has 1 atom stereocenters. The van der Waals surface area contributed by atoms with Crippen molar-refractivity contribution in [2.24, 2.45) is 0 Å². The Morgan fingerprint density at radius 2 is 2.17 bits per heavy atom. The van der Waals surface area contributed by atoms with Crippen molar-refractivity contribution in [3.8, 4) is 11.3 Å². The third-order valence-corrected chi connectivity index (χ3v) is 4.95. The van der Waals surface area contributed by atoms with Crippen molar-refractivity contribution in [3.63, 3.8) is 0 Å². The van der Waals surface area contributed by atoms with Crippen LogP contribution in [0.5, 0.6) is 0 Å². The normalized spacial score (nSPS) is 12.7. The summed E-state index contributed by atoms with van der Waals surface area (Å²) in [6.07, 6.45) is 5.03. The molecule has 9 heteroatoms. The van der Waals surface area contributed by atoms with Crippen molar-refractivity contribution in [3.05, 3.63) is 76.6 Å². The van der Waals surface area contributed by atoms with E-state index in [1.165, 1.54) is 6.07 Å². The quantitative estimate of drug-likeness (QED) is 0.477. The van der Waals surface area contributed by atoms with Gasteiger partial charge < -0.3 is 9.09 Å². The Balaban J connectivity index is 1.68. The van der Waals surface area contributed by atoms with Crippen molar-refractivity contribution in [1.29, 1.82) is 0 Å². The Morgan fingerprint density at radius 1 is 1.31 bits per heavy atom. The average molecular weight is 391 g/mol. The molecule has 0 aliphatic rings. The average Bonchev–Trinajstić information content (AvgIpc) is 3.34. The van der Waals surface area contributed by atoms with E-state index in [4.69, 9.17) is 4.52 Å². The molecule has 8 nitrogen and oxygen atoms in total. The van der Waals surface area contributed by atoms with Gasteiger partial charge in [-0.1, -0.05) is 5.16 Å². The smallest absolute Gasteiger partial charge is 0.342 e. The van der Waals surface area contributed by atoms with Crippen LogP contribution < -0.4 is 9.96 Å². The number of pyridine rings is 3. The van der Waals surface area contributed by atoms with Crippen LogP contribution in [-0.2, 0) is 0 Å². The number of hydrogen-bond acceptors (Lipinski definition) is 5. The summed E-state index contributed by atoms with van der Waals surface area (Å²) in [6, 6.07) is 7.87. The zero-order chi connectivity index (χ0) is 20.1. The number of fused-ring (bicyclic) bond motifs is 2. The van der Waals surface area contributed by atoms with Crippen molar-refractivity contribution in [2.75, 3.05) is 0 Å². The molecule has 144 valence electrons. The predicted molar refractivity (Wildman–Crippen MR) is 102 cm³/mol. The molecule has 5 aromatic heterocycles. The largest absolute Gasteiger partial charge is 0.356 e. The third-order valence-electron chi connectivity index (χ3n) is 4.95. The standard InChI is InChI=1S/C20H15FN6O2/c1-11-8-17(29-25-11)13-9-15(21)19-24-23-18(27(19)10-13)12(2)26-7-5-16-14(20(26)28)4-3-6-22-16/h3-10,12H,1-2H3/p+1/t12-/m1/s1. The number of aromatic nitrogens is 6. The molecule has 0 aliphatic heterocycles. The summed E-state index contributed by atoms with van der Waals surface area (Å²) in [4.78, 5) is 17.2. The first-order valence-corrected chi connectivity index (χ1v) is 9.01. The minimum atomic E-state index is -0.513. The lowest BCUT2D eigenvalue weighted by atomic mass is 10.2. The Labute approximate surface area is 163 Å². The van der Waals surface area contributed by atoms with E-state index in [1.807, 2.05) is 6.92 Å². The van der Waals surface area contributed by atoms with Gasteiger partial charge in [-0.05, 0) is 38.1 Å². The molecule has 0 fully saturated rings. The van der Waals surface area contributed by atoms with Crippen LogP contribution in [0, 0.1) is 12.7 Å². The van der Waals surface area contributed by atoms with E-state index in [0.29, 0.717) is 33.7 Å². The molecule has 0 spiro atoms. The first-order chi connectivity index (χ1) is 14.0. The monoisotopic (exact) mass is 391 g/mol. The molecule has 0 bridgehead atoms. The highest BCUT2D eigenvalue weighted by atomic mass is 19.1. The highest BCUT2D eigenvalue weighted by Crippen LogP contribution is 2.22. The molecule has 0 saturated heterocycles. The highest BCUT2D eigenvalue weighted by Gasteiger charge is 2.26. The summed E-state index contributed by atoms with van der Waals surface area (Å²) in [6.45, 7) is 3.63. The van der Waals surface area contributed by atoms with Gasteiger partial charge in [0.05, 0.1) is 28.4 Å². The topological polar surface area (TPSA) is 93.7 Å². The van der Waals surface area contributed by atoms with Gasteiger partial charge in [-0.15, -0.1) is 5.10 Å². The molecule has 5 aromatic rings. The van der Waals surface area contributed by atoms with Gasteiger partial charge in [-0.2, -0.15) is 8.79 Å². The molecule has 0 unspecified atom stereocenters. The molecule has 0 radical (unpaired) electrons. The van der Waals surface area contributed by atoms with E-state index < -0.39 is 11.9 Å². The molecule has 5 heterocycles. The van der Waals surface area contributed by atoms with E-state index >= 15 is 0 Å². The van der Waals surface area contributed by atoms with Crippen LogP contribution >= 0.6 is 0 Å². The number of hydrogen-bond donors (Lipinski definition) is 1. The number of aromatic amines is 1. The van der Waals surface area contributed by atoms with E-state index in [1.54, 1.807) is 58.7 Å². The Kier molecular flexibility index (Phi) is 3.76. The second kappa shape index (κ2) is 6.33. The zero-order valence-corrected chi connectivity index (χ0v) is 15.6. The van der Waals surface area contributed by atoms with Gasteiger partial charge in [0.1, 0.15) is 6.04 Å². The van der Waals surface area contributed by atoms with Crippen LogP contribution in [0.25, 0.3) is 27.9 Å². The van der Waals surface area contributed by atoms with Crippen LogP contribution in [0.15, 0.2) is 58.2 Å². The highest BCUT2D eigenvalue weighted by molar-refractivity contribution is 5.76. The number of halogens is 1. The summed E-state index contributed by atoms with van der Waals surface area (Å²) in [5.41, 5.74) is 1.78. The maximum atomic E-state index is 14.7. The fourth-order valence-corrected chi connectivity index (χ4v) is 3.46. The lowest BCUT2D eigenvalue weighted by Gasteiger charge is -2.12. The van der Waals surface area contributed by atoms with Crippen molar-refractivity contribution in [2.45, 2.75) is 19.9 Å². The molecule has 1 N–H and O–H groups in total. The minimum Gasteiger partial charge on any atom is -0.356 e. The number of aryl methyl sites for hydroxylation is 1. The summed E-state index contributed by atoms with van der Waals surface area (Å²) in [5, 5.41) is 11.3. The van der Waals surface area contributed by atoms with Gasteiger partial charge in [-0.3, -0.25) is 9.78 Å². The van der Waals surface area contributed by atoms with Gasteiger partial charge in [0.25, 0.3) is 11.4 Å². The lowest BCUT2D eigenvalue weighted by Crippen LogP contribution is -2.33. The number of rotatable bonds is 3. The maximum absolute atomic E-state index is 14.7. The van der Waals surface area contributed by atoms with Crippen LogP contribution in [-0.4, -0.2) is 24.9 Å². The molecular weight excluding hydrogens is 375 g/mol. The van der Waals surface area contributed by atoms with Crippen LogP contribution in [0.2, 0.25) is 0 Å². The molecule has 0 aliphatic carbocycles. The second-order valence-corrected chi connectivity index (χ2v) is 6.85. The molecular formula is C20H16FN6O2+. The molecule has 29 heavy (non-hydrogen) atoms. The Hall–Kier alpha value is -3.88. The van der Waals surface area contributed by atoms with E-state index in [-0.39, 0.29) is 11.2 Å². The van der Waals surface area contributed by atoms with Gasteiger partial charge in [0.15, 0.2) is 5.76 Å². The molecule has 0 amide bonds. The second-order valence-electron chi connectivity index (χ2n) is 6.85. The summed E-state index contributed by atoms with van der Waals surface area (Å²) in [7, 11) is 0. The first-order valence-electron chi connectivity index (χ1n) is 9.01. The van der Waals surface area contributed by atoms with Gasteiger partial charge in [0.2, 0.25) is 5.82 Å². The predicted octanol–water partition coefficient (Wildman–Crippen LogP) is 2.57.